The Hall–Kier alpha value is -1.21. The number of aliphatic hydroxyl groups is 1. The van der Waals surface area contributed by atoms with Gasteiger partial charge in [-0.05, 0) is 6.92 Å². The van der Waals surface area contributed by atoms with E-state index in [0.717, 1.165) is 0 Å². The first-order valence-electron chi connectivity index (χ1n) is 6.13. The Morgan fingerprint density at radius 3 is 2.74 bits per heavy atom. The maximum Gasteiger partial charge on any atom is 0.141 e. The number of methoxy groups -OCH3 is 2. The molecular weight excluding hydrogens is 248 g/mol. The molecule has 0 spiro atoms. The molecule has 6 heteroatoms. The number of ether oxygens (including phenoxy) is 2. The minimum atomic E-state index is -0.149. The van der Waals surface area contributed by atoms with Crippen molar-refractivity contribution in [3.8, 4) is 5.75 Å². The molecular formula is C13H22N2O4. The average Bonchev–Trinajstić information content (AvgIpc) is 2.42. The number of hydrogen-bond acceptors (Lipinski definition) is 6. The van der Waals surface area contributed by atoms with Crippen molar-refractivity contribution < 1.29 is 19.7 Å². The molecule has 0 bridgehead atoms. The molecule has 0 aliphatic rings. The predicted molar refractivity (Wildman–Crippen MR) is 70.9 cm³/mol. The average molecular weight is 270 g/mol. The predicted octanol–water partition coefficient (Wildman–Crippen LogP) is 0.339. The van der Waals surface area contributed by atoms with Crippen LogP contribution in [0.25, 0.3) is 0 Å². The van der Waals surface area contributed by atoms with Crippen LogP contribution in [0.4, 0.5) is 0 Å². The van der Waals surface area contributed by atoms with Gasteiger partial charge in [0.2, 0.25) is 0 Å². The topological polar surface area (TPSA) is 83.8 Å². The second-order valence-electron chi connectivity index (χ2n) is 4.30. The van der Waals surface area contributed by atoms with Gasteiger partial charge in [0.25, 0.3) is 0 Å². The van der Waals surface area contributed by atoms with Gasteiger partial charge in [-0.25, -0.2) is 0 Å². The molecule has 0 fully saturated rings. The minimum Gasteiger partial charge on any atom is -0.506 e. The van der Waals surface area contributed by atoms with Crippen LogP contribution in [0.1, 0.15) is 16.8 Å². The summed E-state index contributed by atoms with van der Waals surface area (Å²) in [5.41, 5.74) is 1.84. The van der Waals surface area contributed by atoms with Gasteiger partial charge in [-0.1, -0.05) is 0 Å². The van der Waals surface area contributed by atoms with Gasteiger partial charge in [-0.2, -0.15) is 0 Å². The molecule has 0 aliphatic carbocycles. The number of aromatic nitrogens is 1. The van der Waals surface area contributed by atoms with E-state index < -0.39 is 0 Å². The number of aromatic hydroxyl groups is 1. The van der Waals surface area contributed by atoms with Crippen molar-refractivity contribution in [1.82, 2.24) is 10.3 Å². The van der Waals surface area contributed by atoms with Crippen LogP contribution in [-0.2, 0) is 22.6 Å². The molecule has 0 radical (unpaired) electrons. The van der Waals surface area contributed by atoms with Crippen LogP contribution >= 0.6 is 0 Å². The molecule has 0 aliphatic heterocycles. The van der Waals surface area contributed by atoms with E-state index in [1.165, 1.54) is 0 Å². The van der Waals surface area contributed by atoms with E-state index in [9.17, 15) is 10.2 Å². The highest BCUT2D eigenvalue weighted by Gasteiger charge is 2.12. The second-order valence-corrected chi connectivity index (χ2v) is 4.30. The fraction of sp³-hybridized carbons (Fsp3) is 0.615. The number of pyridine rings is 1. The number of nitrogens with zero attached hydrogens (tertiary/aromatic N) is 1. The summed E-state index contributed by atoms with van der Waals surface area (Å²) < 4.78 is 10.2. The van der Waals surface area contributed by atoms with Gasteiger partial charge in [0.15, 0.2) is 0 Å². The van der Waals surface area contributed by atoms with Gasteiger partial charge < -0.3 is 25.0 Å². The number of hydrogen-bond donors (Lipinski definition) is 3. The Labute approximate surface area is 113 Å². The lowest BCUT2D eigenvalue weighted by Gasteiger charge is -2.16. The Kier molecular flexibility index (Phi) is 6.72. The Balaban J connectivity index is 2.64. The number of nitrogens with one attached hydrogen (secondary N) is 1. The van der Waals surface area contributed by atoms with Crippen LogP contribution in [0.5, 0.6) is 5.75 Å². The smallest absolute Gasteiger partial charge is 0.141 e. The molecule has 0 amide bonds. The first-order valence-corrected chi connectivity index (χ1v) is 6.13. The van der Waals surface area contributed by atoms with Crippen molar-refractivity contribution in [2.45, 2.75) is 26.2 Å². The van der Waals surface area contributed by atoms with Crippen LogP contribution in [0.15, 0.2) is 6.20 Å². The highest BCUT2D eigenvalue weighted by Crippen LogP contribution is 2.23. The van der Waals surface area contributed by atoms with Gasteiger partial charge >= 0.3 is 0 Å². The highest BCUT2D eigenvalue weighted by atomic mass is 16.5. The summed E-state index contributed by atoms with van der Waals surface area (Å²) in [4.78, 5) is 4.02. The Bertz CT molecular complexity index is 398. The summed E-state index contributed by atoms with van der Waals surface area (Å²) in [5, 5.41) is 22.4. The minimum absolute atomic E-state index is 0.0485. The SMILES string of the molecule is COCC(CNCc1c(CO)cnc(C)c1O)OC. The Morgan fingerprint density at radius 2 is 2.16 bits per heavy atom. The van der Waals surface area contributed by atoms with Crippen molar-refractivity contribution in [3.05, 3.63) is 23.0 Å². The zero-order chi connectivity index (χ0) is 14.3. The Morgan fingerprint density at radius 1 is 1.42 bits per heavy atom. The molecule has 0 saturated heterocycles. The first-order chi connectivity index (χ1) is 9.13. The molecule has 1 rings (SSSR count). The number of rotatable bonds is 8. The van der Waals surface area contributed by atoms with Crippen molar-refractivity contribution in [2.24, 2.45) is 0 Å². The molecule has 1 aromatic heterocycles. The summed E-state index contributed by atoms with van der Waals surface area (Å²) in [6.07, 6.45) is 1.53. The van der Waals surface area contributed by atoms with E-state index in [-0.39, 0.29) is 18.5 Å². The normalized spacial score (nSPS) is 12.6. The first kappa shape index (κ1) is 15.8. The quantitative estimate of drug-likeness (QED) is 0.632. The lowest BCUT2D eigenvalue weighted by molar-refractivity contribution is 0.0287. The van der Waals surface area contributed by atoms with Crippen molar-refractivity contribution >= 4 is 0 Å². The van der Waals surface area contributed by atoms with Gasteiger partial charge in [-0.15, -0.1) is 0 Å². The zero-order valence-corrected chi connectivity index (χ0v) is 11.6. The van der Waals surface area contributed by atoms with Crippen molar-refractivity contribution in [1.29, 1.82) is 0 Å². The van der Waals surface area contributed by atoms with Crippen LogP contribution in [0, 0.1) is 6.92 Å². The monoisotopic (exact) mass is 270 g/mol. The molecule has 19 heavy (non-hydrogen) atoms. The molecule has 1 heterocycles. The summed E-state index contributed by atoms with van der Waals surface area (Å²) in [7, 11) is 3.24. The molecule has 6 nitrogen and oxygen atoms in total. The van der Waals surface area contributed by atoms with E-state index in [1.54, 1.807) is 27.3 Å². The lowest BCUT2D eigenvalue weighted by atomic mass is 10.1. The third-order valence-electron chi connectivity index (χ3n) is 2.96. The molecule has 1 atom stereocenters. The lowest BCUT2D eigenvalue weighted by Crippen LogP contribution is -2.31. The standard InChI is InChI=1S/C13H22N2O4/c1-9-13(17)12(10(7-16)4-15-9)6-14-5-11(19-3)8-18-2/h4,11,14,16-17H,5-8H2,1-3H3. The third kappa shape index (κ3) is 4.43. The number of aryl methyl sites for hydroxylation is 1. The van der Waals surface area contributed by atoms with E-state index >= 15 is 0 Å². The van der Waals surface area contributed by atoms with Gasteiger partial charge in [0, 0.05) is 44.6 Å². The van der Waals surface area contributed by atoms with Gasteiger partial charge in [0.1, 0.15) is 5.75 Å². The fourth-order valence-corrected chi connectivity index (χ4v) is 1.77. The van der Waals surface area contributed by atoms with Crippen LogP contribution in [-0.4, -0.2) is 48.7 Å². The van der Waals surface area contributed by atoms with E-state index in [4.69, 9.17) is 9.47 Å². The molecule has 3 N–H and O–H groups in total. The molecule has 108 valence electrons. The van der Waals surface area contributed by atoms with E-state index in [2.05, 4.69) is 10.3 Å². The number of aliphatic hydroxyl groups excluding tert-OH is 1. The van der Waals surface area contributed by atoms with Crippen LogP contribution in [0.3, 0.4) is 0 Å². The molecule has 0 saturated carbocycles. The maximum absolute atomic E-state index is 9.97. The fourth-order valence-electron chi connectivity index (χ4n) is 1.77. The zero-order valence-electron chi connectivity index (χ0n) is 11.6. The summed E-state index contributed by atoms with van der Waals surface area (Å²) in [5.74, 6) is 0.125. The van der Waals surface area contributed by atoms with E-state index in [1.807, 2.05) is 0 Å². The molecule has 0 aromatic carbocycles. The van der Waals surface area contributed by atoms with Gasteiger partial charge in [-0.3, -0.25) is 4.98 Å². The molecule has 1 unspecified atom stereocenters. The summed E-state index contributed by atoms with van der Waals surface area (Å²) in [6, 6.07) is 0. The van der Waals surface area contributed by atoms with Crippen LogP contribution in [0.2, 0.25) is 0 Å². The third-order valence-corrected chi connectivity index (χ3v) is 2.96. The second kappa shape index (κ2) is 8.06. The summed E-state index contributed by atoms with van der Waals surface area (Å²) in [6.45, 7) is 3.11. The van der Waals surface area contributed by atoms with E-state index in [0.29, 0.717) is 36.5 Å². The van der Waals surface area contributed by atoms with Crippen molar-refractivity contribution in [3.63, 3.8) is 0 Å². The summed E-state index contributed by atoms with van der Waals surface area (Å²) >= 11 is 0. The highest BCUT2D eigenvalue weighted by molar-refractivity contribution is 5.40. The molecule has 1 aromatic rings. The van der Waals surface area contributed by atoms with Gasteiger partial charge in [0.05, 0.1) is 25.0 Å². The largest absolute Gasteiger partial charge is 0.506 e. The van der Waals surface area contributed by atoms with Crippen LogP contribution < -0.4 is 5.32 Å². The van der Waals surface area contributed by atoms with Crippen molar-refractivity contribution in [2.75, 3.05) is 27.4 Å². The maximum atomic E-state index is 9.97.